The smallest absolute Gasteiger partial charge is 0.410 e. The van der Waals surface area contributed by atoms with Crippen molar-refractivity contribution >= 4 is 23.5 Å². The molecule has 20 heavy (non-hydrogen) atoms. The minimum Gasteiger partial charge on any atom is -0.410 e. The van der Waals surface area contributed by atoms with Crippen LogP contribution in [0.15, 0.2) is 47.4 Å². The first-order valence-electron chi connectivity index (χ1n) is 6.28. The lowest BCUT2D eigenvalue weighted by molar-refractivity contribution is 0.215. The van der Waals surface area contributed by atoms with E-state index >= 15 is 0 Å². The highest BCUT2D eigenvalue weighted by molar-refractivity contribution is 7.98. The van der Waals surface area contributed by atoms with E-state index in [4.69, 9.17) is 4.74 Å². The Kier molecular flexibility index (Phi) is 4.69. The van der Waals surface area contributed by atoms with Crippen LogP contribution in [0.1, 0.15) is 11.1 Å². The molecule has 0 saturated carbocycles. The minimum absolute atomic E-state index is 0.481. The van der Waals surface area contributed by atoms with Gasteiger partial charge in [-0.05, 0) is 67.6 Å². The van der Waals surface area contributed by atoms with Crippen LogP contribution >= 0.6 is 11.8 Å². The summed E-state index contributed by atoms with van der Waals surface area (Å²) in [5.41, 5.74) is 2.99. The molecule has 2 aromatic carbocycles. The Morgan fingerprint density at radius 3 is 2.35 bits per heavy atom. The van der Waals surface area contributed by atoms with Gasteiger partial charge in [-0.15, -0.1) is 11.8 Å². The Labute approximate surface area is 123 Å². The van der Waals surface area contributed by atoms with Crippen LogP contribution in [-0.2, 0) is 0 Å². The number of ether oxygens (including phenoxy) is 1. The summed E-state index contributed by atoms with van der Waals surface area (Å²) < 4.78 is 5.26. The number of benzene rings is 2. The molecule has 2 aromatic rings. The number of nitrogens with one attached hydrogen (secondary N) is 1. The molecule has 1 amide bonds. The lowest BCUT2D eigenvalue weighted by Crippen LogP contribution is -2.16. The summed E-state index contributed by atoms with van der Waals surface area (Å²) in [7, 11) is 0. The summed E-state index contributed by atoms with van der Waals surface area (Å²) >= 11 is 1.66. The van der Waals surface area contributed by atoms with Crippen LogP contribution < -0.4 is 10.1 Å². The maximum Gasteiger partial charge on any atom is 0.417 e. The van der Waals surface area contributed by atoms with Gasteiger partial charge in [0.25, 0.3) is 0 Å². The molecule has 3 nitrogen and oxygen atoms in total. The third-order valence-electron chi connectivity index (χ3n) is 3.03. The number of carbonyl (C=O) groups excluding carboxylic acids is 1. The molecule has 0 atom stereocenters. The second-order valence-electron chi connectivity index (χ2n) is 4.49. The quantitative estimate of drug-likeness (QED) is 0.836. The molecule has 0 saturated heterocycles. The number of carbonyl (C=O) groups is 1. The van der Waals surface area contributed by atoms with E-state index < -0.39 is 6.09 Å². The van der Waals surface area contributed by atoms with E-state index in [1.807, 2.05) is 56.5 Å². The van der Waals surface area contributed by atoms with Gasteiger partial charge in [0.1, 0.15) is 5.75 Å². The predicted molar refractivity (Wildman–Crippen MR) is 83.8 cm³/mol. The van der Waals surface area contributed by atoms with Crippen LogP contribution in [0.5, 0.6) is 5.75 Å². The topological polar surface area (TPSA) is 38.3 Å². The van der Waals surface area contributed by atoms with Gasteiger partial charge in [-0.3, -0.25) is 5.32 Å². The first kappa shape index (κ1) is 14.5. The highest BCUT2D eigenvalue weighted by atomic mass is 32.2. The number of rotatable bonds is 3. The van der Waals surface area contributed by atoms with Gasteiger partial charge in [-0.2, -0.15) is 0 Å². The highest BCUT2D eigenvalue weighted by Crippen LogP contribution is 2.19. The van der Waals surface area contributed by atoms with Crippen molar-refractivity contribution < 1.29 is 9.53 Å². The first-order chi connectivity index (χ1) is 9.58. The molecule has 0 aliphatic carbocycles. The molecular weight excluding hydrogens is 270 g/mol. The lowest BCUT2D eigenvalue weighted by Gasteiger charge is -2.08. The molecule has 2 rings (SSSR count). The molecule has 0 unspecified atom stereocenters. The fraction of sp³-hybridized carbons (Fsp3) is 0.188. The van der Waals surface area contributed by atoms with Crippen LogP contribution in [0.4, 0.5) is 10.5 Å². The van der Waals surface area contributed by atoms with Crippen molar-refractivity contribution in [2.75, 3.05) is 11.6 Å². The van der Waals surface area contributed by atoms with Crippen molar-refractivity contribution in [2.45, 2.75) is 18.7 Å². The maximum absolute atomic E-state index is 11.8. The number of aryl methyl sites for hydroxylation is 2. The van der Waals surface area contributed by atoms with Gasteiger partial charge in [-0.1, -0.05) is 6.07 Å². The van der Waals surface area contributed by atoms with E-state index in [0.717, 1.165) is 16.1 Å². The molecule has 0 aliphatic rings. The Balaban J connectivity index is 1.99. The largest absolute Gasteiger partial charge is 0.417 e. The fourth-order valence-electron chi connectivity index (χ4n) is 1.70. The molecule has 0 aromatic heterocycles. The molecule has 0 bridgehead atoms. The van der Waals surface area contributed by atoms with Crippen molar-refractivity contribution in [1.82, 2.24) is 0 Å². The number of anilines is 1. The van der Waals surface area contributed by atoms with E-state index in [2.05, 4.69) is 5.32 Å². The highest BCUT2D eigenvalue weighted by Gasteiger charge is 2.06. The molecule has 0 aliphatic heterocycles. The van der Waals surface area contributed by atoms with E-state index in [0.29, 0.717) is 5.75 Å². The van der Waals surface area contributed by atoms with Crippen LogP contribution in [0.25, 0.3) is 0 Å². The molecule has 0 heterocycles. The van der Waals surface area contributed by atoms with Gasteiger partial charge in [0.2, 0.25) is 0 Å². The van der Waals surface area contributed by atoms with E-state index in [1.54, 1.807) is 17.8 Å². The van der Waals surface area contributed by atoms with Gasteiger partial charge < -0.3 is 4.74 Å². The lowest BCUT2D eigenvalue weighted by atomic mass is 10.1. The van der Waals surface area contributed by atoms with Crippen molar-refractivity contribution in [3.63, 3.8) is 0 Å². The first-order valence-corrected chi connectivity index (χ1v) is 7.51. The predicted octanol–water partition coefficient (Wildman–Crippen LogP) is 4.64. The Bertz CT molecular complexity index is 608. The average molecular weight is 287 g/mol. The molecular formula is C16H17NO2S. The van der Waals surface area contributed by atoms with Gasteiger partial charge in [0, 0.05) is 10.6 Å². The van der Waals surface area contributed by atoms with Gasteiger partial charge in [0.05, 0.1) is 0 Å². The standard InChI is InChI=1S/C16H17NO2S/c1-11-4-7-14(10-12(11)2)19-16(18)17-13-5-8-15(20-3)9-6-13/h4-10H,1-3H3,(H,17,18). The van der Waals surface area contributed by atoms with Crippen molar-refractivity contribution in [3.05, 3.63) is 53.6 Å². The minimum atomic E-state index is -0.481. The third-order valence-corrected chi connectivity index (χ3v) is 3.77. The van der Waals surface area contributed by atoms with Crippen LogP contribution in [0.2, 0.25) is 0 Å². The van der Waals surface area contributed by atoms with Crippen LogP contribution in [0, 0.1) is 13.8 Å². The van der Waals surface area contributed by atoms with Crippen LogP contribution in [0.3, 0.4) is 0 Å². The zero-order valence-electron chi connectivity index (χ0n) is 11.8. The number of hydrogen-bond acceptors (Lipinski definition) is 3. The summed E-state index contributed by atoms with van der Waals surface area (Å²) in [5.74, 6) is 0.548. The van der Waals surface area contributed by atoms with Gasteiger partial charge in [-0.25, -0.2) is 4.79 Å². The molecule has 0 radical (unpaired) electrons. The Morgan fingerprint density at radius 1 is 1.05 bits per heavy atom. The SMILES string of the molecule is CSc1ccc(NC(=O)Oc2ccc(C)c(C)c2)cc1. The second kappa shape index (κ2) is 6.48. The summed E-state index contributed by atoms with van der Waals surface area (Å²) in [6.45, 7) is 4.01. The molecule has 104 valence electrons. The van der Waals surface area contributed by atoms with E-state index in [1.165, 1.54) is 5.56 Å². The normalized spacial score (nSPS) is 10.2. The number of thioether (sulfide) groups is 1. The monoisotopic (exact) mass is 287 g/mol. The van der Waals surface area contributed by atoms with Crippen molar-refractivity contribution in [3.8, 4) is 5.75 Å². The molecule has 4 heteroatoms. The maximum atomic E-state index is 11.8. The summed E-state index contributed by atoms with van der Waals surface area (Å²) in [6, 6.07) is 13.2. The van der Waals surface area contributed by atoms with Gasteiger partial charge in [0.15, 0.2) is 0 Å². The summed E-state index contributed by atoms with van der Waals surface area (Å²) in [6.07, 6.45) is 1.53. The zero-order chi connectivity index (χ0) is 14.5. The van der Waals surface area contributed by atoms with E-state index in [-0.39, 0.29) is 0 Å². The fourth-order valence-corrected chi connectivity index (χ4v) is 2.11. The Hall–Kier alpha value is -1.94. The average Bonchev–Trinajstić information content (AvgIpc) is 2.44. The zero-order valence-corrected chi connectivity index (χ0v) is 12.6. The molecule has 1 N–H and O–H groups in total. The summed E-state index contributed by atoms with van der Waals surface area (Å²) in [4.78, 5) is 12.9. The number of hydrogen-bond donors (Lipinski definition) is 1. The second-order valence-corrected chi connectivity index (χ2v) is 5.37. The van der Waals surface area contributed by atoms with Gasteiger partial charge >= 0.3 is 6.09 Å². The molecule has 0 fully saturated rings. The van der Waals surface area contributed by atoms with Crippen molar-refractivity contribution in [2.24, 2.45) is 0 Å². The summed E-state index contributed by atoms with van der Waals surface area (Å²) in [5, 5.41) is 2.71. The van der Waals surface area contributed by atoms with Crippen LogP contribution in [-0.4, -0.2) is 12.3 Å². The van der Waals surface area contributed by atoms with E-state index in [9.17, 15) is 4.79 Å². The third kappa shape index (κ3) is 3.78. The number of amides is 1. The molecule has 0 spiro atoms. The van der Waals surface area contributed by atoms with Crippen molar-refractivity contribution in [1.29, 1.82) is 0 Å². The Morgan fingerprint density at radius 2 is 1.75 bits per heavy atom.